The molecule has 1 aliphatic heterocycles. The van der Waals surface area contributed by atoms with Crippen LogP contribution in [0.15, 0.2) is 24.3 Å². The number of carbonyl (C=O) groups is 1. The van der Waals surface area contributed by atoms with Crippen LogP contribution in [-0.4, -0.2) is 24.5 Å². The molecule has 2 rings (SSSR count). The first kappa shape index (κ1) is 9.83. The molecule has 1 atom stereocenters. The fourth-order valence-corrected chi connectivity index (χ4v) is 1.96. The summed E-state index contributed by atoms with van der Waals surface area (Å²) in [6, 6.07) is 7.59. The Kier molecular flexibility index (Phi) is 2.07. The van der Waals surface area contributed by atoms with Gasteiger partial charge in [-0.25, -0.2) is 4.79 Å². The molecular weight excluding hydrogens is 190 g/mol. The van der Waals surface area contributed by atoms with Gasteiger partial charge in [0.25, 0.3) is 0 Å². The normalized spacial score (nSPS) is 25.5. The minimum atomic E-state index is -0.332. The van der Waals surface area contributed by atoms with Crippen LogP contribution in [0.2, 0.25) is 0 Å². The Morgan fingerprint density at radius 3 is 2.80 bits per heavy atom. The monoisotopic (exact) mass is 205 g/mol. The molecule has 0 radical (unpaired) electrons. The number of likely N-dealkylation sites (N-methyl/N-ethyl adjacent to an activating group) is 1. The fourth-order valence-electron chi connectivity index (χ4n) is 1.96. The molecule has 1 fully saturated rings. The molecule has 1 aromatic carbocycles. The molecule has 15 heavy (non-hydrogen) atoms. The molecule has 1 saturated heterocycles. The first-order chi connectivity index (χ1) is 7.01. The van der Waals surface area contributed by atoms with E-state index in [0.29, 0.717) is 6.54 Å². The molecule has 1 aliphatic rings. The predicted molar refractivity (Wildman–Crippen MR) is 59.4 cm³/mol. The summed E-state index contributed by atoms with van der Waals surface area (Å²) < 4.78 is 0. The number of hydrogen-bond donors (Lipinski definition) is 2. The summed E-state index contributed by atoms with van der Waals surface area (Å²) in [6.07, 6.45) is 0. The molecule has 2 amide bonds. The van der Waals surface area contributed by atoms with Crippen LogP contribution in [0, 0.1) is 0 Å². The van der Waals surface area contributed by atoms with E-state index in [1.54, 1.807) is 11.9 Å². The van der Waals surface area contributed by atoms with E-state index in [4.69, 9.17) is 5.73 Å². The zero-order chi connectivity index (χ0) is 11.1. The highest BCUT2D eigenvalue weighted by Crippen LogP contribution is 2.27. The van der Waals surface area contributed by atoms with E-state index in [1.807, 2.05) is 31.2 Å². The van der Waals surface area contributed by atoms with Gasteiger partial charge in [0.15, 0.2) is 0 Å². The molecule has 1 unspecified atom stereocenters. The van der Waals surface area contributed by atoms with Gasteiger partial charge in [-0.15, -0.1) is 0 Å². The highest BCUT2D eigenvalue weighted by atomic mass is 16.2. The average Bonchev–Trinajstić information content (AvgIpc) is 2.42. The van der Waals surface area contributed by atoms with Crippen molar-refractivity contribution < 1.29 is 4.79 Å². The van der Waals surface area contributed by atoms with Gasteiger partial charge in [-0.1, -0.05) is 12.1 Å². The quantitative estimate of drug-likeness (QED) is 0.675. The third-order valence-electron chi connectivity index (χ3n) is 2.81. The Labute approximate surface area is 89.1 Å². The number of hydrogen-bond acceptors (Lipinski definition) is 2. The lowest BCUT2D eigenvalue weighted by Gasteiger charge is -2.23. The van der Waals surface area contributed by atoms with E-state index >= 15 is 0 Å². The number of carbonyl (C=O) groups excluding carboxylic acids is 1. The summed E-state index contributed by atoms with van der Waals surface area (Å²) in [5.41, 5.74) is 7.16. The highest BCUT2D eigenvalue weighted by molar-refractivity contribution is 5.78. The Morgan fingerprint density at radius 1 is 1.53 bits per heavy atom. The van der Waals surface area contributed by atoms with Crippen molar-refractivity contribution in [3.05, 3.63) is 29.8 Å². The number of nitrogen functional groups attached to an aromatic ring is 1. The molecule has 0 aromatic heterocycles. The van der Waals surface area contributed by atoms with E-state index in [0.717, 1.165) is 11.3 Å². The lowest BCUT2D eigenvalue weighted by Crippen LogP contribution is -2.37. The van der Waals surface area contributed by atoms with Crippen LogP contribution in [-0.2, 0) is 5.54 Å². The van der Waals surface area contributed by atoms with Crippen molar-refractivity contribution in [1.29, 1.82) is 0 Å². The van der Waals surface area contributed by atoms with Gasteiger partial charge in [0.2, 0.25) is 0 Å². The van der Waals surface area contributed by atoms with Gasteiger partial charge in [-0.05, 0) is 24.6 Å². The van der Waals surface area contributed by atoms with Crippen molar-refractivity contribution in [1.82, 2.24) is 10.2 Å². The Bertz CT molecular complexity index is 405. The van der Waals surface area contributed by atoms with Gasteiger partial charge in [0.05, 0.1) is 5.54 Å². The zero-order valence-electron chi connectivity index (χ0n) is 8.95. The molecule has 0 aliphatic carbocycles. The molecule has 0 bridgehead atoms. The minimum Gasteiger partial charge on any atom is -0.399 e. The van der Waals surface area contributed by atoms with Crippen molar-refractivity contribution in [3.8, 4) is 0 Å². The average molecular weight is 205 g/mol. The molecule has 0 spiro atoms. The summed E-state index contributed by atoms with van der Waals surface area (Å²) >= 11 is 0. The van der Waals surface area contributed by atoms with Gasteiger partial charge < -0.3 is 16.0 Å². The number of nitrogens with two attached hydrogens (primary N) is 1. The molecule has 0 saturated carbocycles. The van der Waals surface area contributed by atoms with Crippen molar-refractivity contribution in [2.45, 2.75) is 12.5 Å². The van der Waals surface area contributed by atoms with Crippen LogP contribution in [0.25, 0.3) is 0 Å². The molecule has 80 valence electrons. The van der Waals surface area contributed by atoms with Crippen molar-refractivity contribution in [3.63, 3.8) is 0 Å². The Hall–Kier alpha value is -1.71. The molecule has 1 aromatic rings. The van der Waals surface area contributed by atoms with Crippen molar-refractivity contribution in [2.24, 2.45) is 0 Å². The van der Waals surface area contributed by atoms with E-state index in [-0.39, 0.29) is 11.6 Å². The van der Waals surface area contributed by atoms with Crippen molar-refractivity contribution >= 4 is 11.7 Å². The van der Waals surface area contributed by atoms with Gasteiger partial charge in [0.1, 0.15) is 0 Å². The standard InChI is InChI=1S/C11H15N3O/c1-11(7-14(2)10(15)13-11)8-4-3-5-9(12)6-8/h3-6H,7,12H2,1-2H3,(H,13,15). The smallest absolute Gasteiger partial charge is 0.317 e. The highest BCUT2D eigenvalue weighted by Gasteiger charge is 2.38. The number of nitrogens with zero attached hydrogens (tertiary/aromatic N) is 1. The number of nitrogens with one attached hydrogen (secondary N) is 1. The van der Waals surface area contributed by atoms with Crippen LogP contribution in [0.4, 0.5) is 10.5 Å². The molecule has 4 heteroatoms. The summed E-state index contributed by atoms with van der Waals surface area (Å²) in [4.78, 5) is 13.1. The maximum Gasteiger partial charge on any atom is 0.317 e. The first-order valence-corrected chi connectivity index (χ1v) is 4.90. The van der Waals surface area contributed by atoms with Gasteiger partial charge in [-0.3, -0.25) is 0 Å². The second-order valence-electron chi connectivity index (χ2n) is 4.24. The maximum absolute atomic E-state index is 11.4. The molecule has 3 N–H and O–H groups in total. The van der Waals surface area contributed by atoms with Crippen LogP contribution in [0.1, 0.15) is 12.5 Å². The summed E-state index contributed by atoms with van der Waals surface area (Å²) in [7, 11) is 1.78. The van der Waals surface area contributed by atoms with E-state index < -0.39 is 0 Å². The summed E-state index contributed by atoms with van der Waals surface area (Å²) in [5, 5.41) is 2.95. The number of amides is 2. The first-order valence-electron chi connectivity index (χ1n) is 4.90. The zero-order valence-corrected chi connectivity index (χ0v) is 8.95. The second-order valence-corrected chi connectivity index (χ2v) is 4.24. The van der Waals surface area contributed by atoms with Crippen LogP contribution >= 0.6 is 0 Å². The van der Waals surface area contributed by atoms with Gasteiger partial charge in [-0.2, -0.15) is 0 Å². The number of benzene rings is 1. The number of rotatable bonds is 1. The molecule has 4 nitrogen and oxygen atoms in total. The van der Waals surface area contributed by atoms with E-state index in [9.17, 15) is 4.79 Å². The van der Waals surface area contributed by atoms with Gasteiger partial charge in [0, 0.05) is 19.3 Å². The van der Waals surface area contributed by atoms with Crippen LogP contribution in [0.3, 0.4) is 0 Å². The maximum atomic E-state index is 11.4. The summed E-state index contributed by atoms with van der Waals surface area (Å²) in [6.45, 7) is 2.67. The minimum absolute atomic E-state index is 0.0417. The van der Waals surface area contributed by atoms with E-state index in [2.05, 4.69) is 5.32 Å². The topological polar surface area (TPSA) is 58.4 Å². The number of anilines is 1. The second kappa shape index (κ2) is 3.15. The number of urea groups is 1. The predicted octanol–water partition coefficient (Wildman–Crippen LogP) is 1.14. The lowest BCUT2D eigenvalue weighted by atomic mass is 9.93. The summed E-state index contributed by atoms with van der Waals surface area (Å²) in [5.74, 6) is 0. The third-order valence-corrected chi connectivity index (χ3v) is 2.81. The SMILES string of the molecule is CN1CC(C)(c2cccc(N)c2)NC1=O. The van der Waals surface area contributed by atoms with Crippen LogP contribution in [0.5, 0.6) is 0 Å². The van der Waals surface area contributed by atoms with Crippen LogP contribution < -0.4 is 11.1 Å². The fraction of sp³-hybridized carbons (Fsp3) is 0.364. The van der Waals surface area contributed by atoms with E-state index in [1.165, 1.54) is 0 Å². The molecular formula is C11H15N3O. The molecule has 1 heterocycles. The Morgan fingerprint density at radius 2 is 2.27 bits per heavy atom. The van der Waals surface area contributed by atoms with Gasteiger partial charge >= 0.3 is 6.03 Å². The largest absolute Gasteiger partial charge is 0.399 e. The van der Waals surface area contributed by atoms with Crippen molar-refractivity contribution in [2.75, 3.05) is 19.3 Å². The Balaban J connectivity index is 2.35. The lowest BCUT2D eigenvalue weighted by molar-refractivity contribution is 0.226. The third kappa shape index (κ3) is 1.63.